The van der Waals surface area contributed by atoms with Gasteiger partial charge in [0, 0.05) is 16.7 Å². The molecular formula is C15H13Cl2FO2. The van der Waals surface area contributed by atoms with Crippen LogP contribution in [0, 0.1) is 5.82 Å². The SMILES string of the molecule is COc1cc(Cl)cc(CCl)c1OCc1ccc(F)cc1. The van der Waals surface area contributed by atoms with E-state index in [1.165, 1.54) is 19.2 Å². The average Bonchev–Trinajstić information content (AvgIpc) is 2.46. The largest absolute Gasteiger partial charge is 0.493 e. The summed E-state index contributed by atoms with van der Waals surface area (Å²) in [5.41, 5.74) is 1.60. The summed E-state index contributed by atoms with van der Waals surface area (Å²) in [7, 11) is 1.54. The summed E-state index contributed by atoms with van der Waals surface area (Å²) in [5.74, 6) is 1.06. The fraction of sp³-hybridized carbons (Fsp3) is 0.200. The molecule has 5 heteroatoms. The molecule has 0 unspecified atom stereocenters. The summed E-state index contributed by atoms with van der Waals surface area (Å²) < 4.78 is 23.8. The van der Waals surface area contributed by atoms with Gasteiger partial charge in [-0.3, -0.25) is 0 Å². The first-order valence-corrected chi connectivity index (χ1v) is 6.85. The summed E-state index contributed by atoms with van der Waals surface area (Å²) in [6, 6.07) is 9.51. The van der Waals surface area contributed by atoms with E-state index in [1.807, 2.05) is 0 Å². The lowest BCUT2D eigenvalue weighted by Gasteiger charge is -2.14. The molecule has 2 aromatic rings. The first kappa shape index (κ1) is 14.9. The number of ether oxygens (including phenoxy) is 2. The molecule has 0 N–H and O–H groups in total. The second-order valence-corrected chi connectivity index (χ2v) is 4.85. The minimum Gasteiger partial charge on any atom is -0.493 e. The van der Waals surface area contributed by atoms with Crippen molar-refractivity contribution >= 4 is 23.2 Å². The highest BCUT2D eigenvalue weighted by molar-refractivity contribution is 6.31. The van der Waals surface area contributed by atoms with Gasteiger partial charge in [-0.05, 0) is 23.8 Å². The number of alkyl halides is 1. The fourth-order valence-electron chi connectivity index (χ4n) is 1.77. The van der Waals surface area contributed by atoms with Crippen molar-refractivity contribution in [2.45, 2.75) is 12.5 Å². The highest BCUT2D eigenvalue weighted by Crippen LogP contribution is 2.36. The Balaban J connectivity index is 2.21. The van der Waals surface area contributed by atoms with Gasteiger partial charge in [0.05, 0.1) is 13.0 Å². The molecule has 0 aromatic heterocycles. The molecule has 0 heterocycles. The molecule has 0 spiro atoms. The van der Waals surface area contributed by atoms with Crippen LogP contribution in [0.4, 0.5) is 4.39 Å². The van der Waals surface area contributed by atoms with Crippen LogP contribution >= 0.6 is 23.2 Å². The van der Waals surface area contributed by atoms with Gasteiger partial charge in [0.15, 0.2) is 11.5 Å². The Kier molecular flexibility index (Phi) is 5.10. The monoisotopic (exact) mass is 314 g/mol. The van der Waals surface area contributed by atoms with Gasteiger partial charge in [0.2, 0.25) is 0 Å². The van der Waals surface area contributed by atoms with Crippen LogP contribution in [0.25, 0.3) is 0 Å². The van der Waals surface area contributed by atoms with Crippen LogP contribution < -0.4 is 9.47 Å². The average molecular weight is 315 g/mol. The molecule has 0 aliphatic carbocycles. The van der Waals surface area contributed by atoms with Gasteiger partial charge >= 0.3 is 0 Å². The Hall–Kier alpha value is -1.45. The van der Waals surface area contributed by atoms with Gasteiger partial charge < -0.3 is 9.47 Å². The molecule has 0 bridgehead atoms. The van der Waals surface area contributed by atoms with Crippen molar-refractivity contribution in [3.05, 3.63) is 58.4 Å². The van der Waals surface area contributed by atoms with E-state index in [9.17, 15) is 4.39 Å². The van der Waals surface area contributed by atoms with E-state index >= 15 is 0 Å². The van der Waals surface area contributed by atoms with Gasteiger partial charge in [0.1, 0.15) is 12.4 Å². The number of rotatable bonds is 5. The van der Waals surface area contributed by atoms with Gasteiger partial charge in [0.25, 0.3) is 0 Å². The van der Waals surface area contributed by atoms with Crippen LogP contribution in [-0.4, -0.2) is 7.11 Å². The number of halogens is 3. The maximum atomic E-state index is 12.8. The normalized spacial score (nSPS) is 10.4. The zero-order valence-corrected chi connectivity index (χ0v) is 12.3. The summed E-state index contributed by atoms with van der Waals surface area (Å²) >= 11 is 11.9. The standard InChI is InChI=1S/C15H13Cl2FO2/c1-19-14-7-12(17)6-11(8-16)15(14)20-9-10-2-4-13(18)5-3-10/h2-7H,8-9H2,1H3. The van der Waals surface area contributed by atoms with E-state index in [1.54, 1.807) is 24.3 Å². The molecule has 2 aromatic carbocycles. The van der Waals surface area contributed by atoms with E-state index < -0.39 is 0 Å². The molecule has 0 fully saturated rings. The van der Waals surface area contributed by atoms with Crippen molar-refractivity contribution in [2.24, 2.45) is 0 Å². The summed E-state index contributed by atoms with van der Waals surface area (Å²) in [4.78, 5) is 0. The van der Waals surface area contributed by atoms with Crippen molar-refractivity contribution in [3.8, 4) is 11.5 Å². The molecule has 2 rings (SSSR count). The first-order chi connectivity index (χ1) is 9.63. The number of methoxy groups -OCH3 is 1. The third-order valence-electron chi connectivity index (χ3n) is 2.76. The minimum absolute atomic E-state index is 0.260. The Bertz CT molecular complexity index is 560. The third-order valence-corrected chi connectivity index (χ3v) is 3.26. The van der Waals surface area contributed by atoms with E-state index in [0.717, 1.165) is 11.1 Å². The predicted octanol–water partition coefficient (Wildman–Crippen LogP) is 4.81. The summed E-state index contributed by atoms with van der Waals surface area (Å²) in [6.07, 6.45) is 0. The van der Waals surface area contributed by atoms with Crippen LogP contribution in [0.2, 0.25) is 5.02 Å². The third kappa shape index (κ3) is 3.56. The molecule has 2 nitrogen and oxygen atoms in total. The van der Waals surface area contributed by atoms with Crippen LogP contribution in [0.15, 0.2) is 36.4 Å². The minimum atomic E-state index is -0.278. The van der Waals surface area contributed by atoms with E-state index in [0.29, 0.717) is 23.1 Å². The van der Waals surface area contributed by atoms with Gasteiger partial charge in [-0.1, -0.05) is 23.7 Å². The van der Waals surface area contributed by atoms with Crippen molar-refractivity contribution in [1.82, 2.24) is 0 Å². The fourth-order valence-corrected chi connectivity index (χ4v) is 2.20. The molecule has 0 saturated heterocycles. The molecule has 0 aliphatic heterocycles. The molecule has 0 aliphatic rings. The lowest BCUT2D eigenvalue weighted by atomic mass is 10.2. The van der Waals surface area contributed by atoms with Crippen molar-refractivity contribution in [1.29, 1.82) is 0 Å². The zero-order valence-electron chi connectivity index (χ0n) is 10.8. The summed E-state index contributed by atoms with van der Waals surface area (Å²) in [6.45, 7) is 0.294. The van der Waals surface area contributed by atoms with Crippen molar-refractivity contribution < 1.29 is 13.9 Å². The maximum Gasteiger partial charge on any atom is 0.166 e. The molecular weight excluding hydrogens is 302 g/mol. The quantitative estimate of drug-likeness (QED) is 0.738. The van der Waals surface area contributed by atoms with Crippen molar-refractivity contribution in [3.63, 3.8) is 0 Å². The first-order valence-electron chi connectivity index (χ1n) is 5.93. The second kappa shape index (κ2) is 6.82. The predicted molar refractivity (Wildman–Crippen MR) is 78.3 cm³/mol. The van der Waals surface area contributed by atoms with Crippen LogP contribution in [0.3, 0.4) is 0 Å². The molecule has 0 radical (unpaired) electrons. The lowest BCUT2D eigenvalue weighted by Crippen LogP contribution is -2.00. The Morgan fingerprint density at radius 1 is 1.15 bits per heavy atom. The second-order valence-electron chi connectivity index (χ2n) is 4.15. The van der Waals surface area contributed by atoms with E-state index in [2.05, 4.69) is 0 Å². The summed E-state index contributed by atoms with van der Waals surface area (Å²) in [5, 5.41) is 0.534. The van der Waals surface area contributed by atoms with Gasteiger partial charge in [-0.2, -0.15) is 0 Å². The van der Waals surface area contributed by atoms with Crippen LogP contribution in [0.5, 0.6) is 11.5 Å². The van der Waals surface area contributed by atoms with E-state index in [4.69, 9.17) is 32.7 Å². The topological polar surface area (TPSA) is 18.5 Å². The van der Waals surface area contributed by atoms with Crippen molar-refractivity contribution in [2.75, 3.05) is 7.11 Å². The highest BCUT2D eigenvalue weighted by atomic mass is 35.5. The number of benzene rings is 2. The highest BCUT2D eigenvalue weighted by Gasteiger charge is 2.12. The Morgan fingerprint density at radius 2 is 1.85 bits per heavy atom. The maximum absolute atomic E-state index is 12.8. The van der Waals surface area contributed by atoms with Gasteiger partial charge in [-0.15, -0.1) is 11.6 Å². The molecule has 0 amide bonds. The Labute approximate surface area is 127 Å². The smallest absolute Gasteiger partial charge is 0.166 e. The molecule has 20 heavy (non-hydrogen) atoms. The molecule has 0 atom stereocenters. The molecule has 0 saturated carbocycles. The number of hydrogen-bond donors (Lipinski definition) is 0. The van der Waals surface area contributed by atoms with Crippen LogP contribution in [-0.2, 0) is 12.5 Å². The molecule has 106 valence electrons. The Morgan fingerprint density at radius 3 is 2.45 bits per heavy atom. The van der Waals surface area contributed by atoms with Gasteiger partial charge in [-0.25, -0.2) is 4.39 Å². The lowest BCUT2D eigenvalue weighted by molar-refractivity contribution is 0.282. The van der Waals surface area contributed by atoms with Crippen LogP contribution in [0.1, 0.15) is 11.1 Å². The zero-order chi connectivity index (χ0) is 14.5. The number of hydrogen-bond acceptors (Lipinski definition) is 2. The van der Waals surface area contributed by atoms with E-state index in [-0.39, 0.29) is 11.7 Å².